The van der Waals surface area contributed by atoms with Gasteiger partial charge in [0.15, 0.2) is 14.8 Å². The molecule has 1 aliphatic rings. The number of hydrogen-bond donors (Lipinski definition) is 1. The molecule has 1 atom stereocenters. The Morgan fingerprint density at radius 3 is 2.75 bits per heavy atom. The number of hydrogen-bond acceptors (Lipinski definition) is 7. The minimum Gasteiger partial charge on any atom is -0.368 e. The highest BCUT2D eigenvalue weighted by atomic mass is 32.2. The minimum absolute atomic E-state index is 0.0886. The molecule has 1 unspecified atom stereocenters. The number of anilines is 1. The van der Waals surface area contributed by atoms with Crippen LogP contribution in [0.2, 0.25) is 0 Å². The van der Waals surface area contributed by atoms with Gasteiger partial charge < -0.3 is 10.6 Å². The maximum absolute atomic E-state index is 11.5. The summed E-state index contributed by atoms with van der Waals surface area (Å²) < 4.78 is 23.0. The van der Waals surface area contributed by atoms with Crippen molar-refractivity contribution in [1.29, 1.82) is 0 Å². The zero-order chi connectivity index (χ0) is 15.1. The molecule has 0 spiro atoms. The Morgan fingerprint density at radius 1 is 1.60 bits per heavy atom. The molecule has 1 amide bonds. The number of carbonyl (C=O) groups excluding carboxylic acids is 1. The van der Waals surface area contributed by atoms with Gasteiger partial charge in [-0.25, -0.2) is 8.42 Å². The van der Waals surface area contributed by atoms with Gasteiger partial charge in [0, 0.05) is 18.9 Å². The van der Waals surface area contributed by atoms with Crippen molar-refractivity contribution in [3.63, 3.8) is 0 Å². The van der Waals surface area contributed by atoms with Crippen LogP contribution in [0.15, 0.2) is 10.3 Å². The topological polar surface area (TPSA) is 124 Å². The summed E-state index contributed by atoms with van der Waals surface area (Å²) in [4.78, 5) is 23.3. The normalized spacial score (nSPS) is 19.2. The average molecular weight is 319 g/mol. The van der Waals surface area contributed by atoms with E-state index in [-0.39, 0.29) is 14.9 Å². The lowest BCUT2D eigenvalue weighted by molar-refractivity contribution is -0.383. The van der Waals surface area contributed by atoms with Crippen LogP contribution in [0.1, 0.15) is 12.8 Å². The molecule has 0 saturated carbocycles. The molecule has 2 N–H and O–H groups in total. The van der Waals surface area contributed by atoms with E-state index in [0.717, 1.165) is 23.7 Å². The standard InChI is InChI=1S/C10H13N3O5S2/c1-20(17,18)8-5-7(13(15)16)10(19-8)12-4-2-3-6(12)9(11)14/h5-6H,2-4H2,1H3,(H2,11,14). The molecule has 0 aromatic carbocycles. The third kappa shape index (κ3) is 2.61. The fraction of sp³-hybridized carbons (Fsp3) is 0.500. The summed E-state index contributed by atoms with van der Waals surface area (Å²) in [5, 5.41) is 11.2. The summed E-state index contributed by atoms with van der Waals surface area (Å²) in [5.74, 6) is -0.564. The van der Waals surface area contributed by atoms with E-state index in [4.69, 9.17) is 5.73 Å². The number of sulfone groups is 1. The van der Waals surface area contributed by atoms with Gasteiger partial charge in [-0.2, -0.15) is 0 Å². The van der Waals surface area contributed by atoms with Gasteiger partial charge in [-0.1, -0.05) is 11.3 Å². The van der Waals surface area contributed by atoms with Crippen LogP contribution in [0.4, 0.5) is 10.7 Å². The van der Waals surface area contributed by atoms with Gasteiger partial charge in [-0.3, -0.25) is 14.9 Å². The predicted octanol–water partition coefficient (Wildman–Crippen LogP) is 0.514. The van der Waals surface area contributed by atoms with Gasteiger partial charge >= 0.3 is 5.69 Å². The SMILES string of the molecule is CS(=O)(=O)c1cc([N+](=O)[O-])c(N2CCCC2C(N)=O)s1. The van der Waals surface area contributed by atoms with Crippen molar-refractivity contribution in [3.05, 3.63) is 16.2 Å². The van der Waals surface area contributed by atoms with Crippen LogP contribution in [0.3, 0.4) is 0 Å². The fourth-order valence-electron chi connectivity index (χ4n) is 2.18. The van der Waals surface area contributed by atoms with Gasteiger partial charge in [-0.05, 0) is 12.8 Å². The third-order valence-electron chi connectivity index (χ3n) is 3.08. The van der Waals surface area contributed by atoms with E-state index in [1.807, 2.05) is 0 Å². The number of amides is 1. The minimum atomic E-state index is -3.53. The highest BCUT2D eigenvalue weighted by Gasteiger charge is 2.36. The number of carbonyl (C=O) groups is 1. The van der Waals surface area contributed by atoms with Crippen molar-refractivity contribution in [2.45, 2.75) is 23.1 Å². The number of nitrogens with two attached hydrogens (primary N) is 1. The molecule has 2 heterocycles. The van der Waals surface area contributed by atoms with Crippen LogP contribution in [-0.2, 0) is 14.6 Å². The van der Waals surface area contributed by atoms with Crippen LogP contribution >= 0.6 is 11.3 Å². The Hall–Kier alpha value is -1.68. The Bertz CT molecular complexity index is 666. The quantitative estimate of drug-likeness (QED) is 0.637. The summed E-state index contributed by atoms with van der Waals surface area (Å²) in [5.41, 5.74) is 4.98. The molecule has 0 aliphatic carbocycles. The van der Waals surface area contributed by atoms with E-state index in [1.165, 1.54) is 4.90 Å². The van der Waals surface area contributed by atoms with E-state index in [2.05, 4.69) is 0 Å². The second kappa shape index (κ2) is 5.02. The molecule has 1 saturated heterocycles. The Labute approximate surface area is 119 Å². The van der Waals surface area contributed by atoms with Crippen LogP contribution < -0.4 is 10.6 Å². The molecule has 20 heavy (non-hydrogen) atoms. The Morgan fingerprint density at radius 2 is 2.25 bits per heavy atom. The Balaban J connectivity index is 2.53. The first-order valence-corrected chi connectivity index (χ1v) is 8.47. The first-order valence-electron chi connectivity index (χ1n) is 5.76. The van der Waals surface area contributed by atoms with Crippen LogP contribution in [0.5, 0.6) is 0 Å². The maximum Gasteiger partial charge on any atom is 0.305 e. The fourth-order valence-corrected chi connectivity index (χ4v) is 4.28. The summed E-state index contributed by atoms with van der Waals surface area (Å²) in [6.07, 6.45) is 2.18. The zero-order valence-corrected chi connectivity index (χ0v) is 12.2. The smallest absolute Gasteiger partial charge is 0.305 e. The second-order valence-corrected chi connectivity index (χ2v) is 7.81. The molecule has 1 fully saturated rings. The summed E-state index contributed by atoms with van der Waals surface area (Å²) >= 11 is 0.802. The molecule has 0 bridgehead atoms. The van der Waals surface area contributed by atoms with E-state index < -0.39 is 26.7 Å². The predicted molar refractivity (Wildman–Crippen MR) is 73.6 cm³/mol. The molecular weight excluding hydrogens is 306 g/mol. The average Bonchev–Trinajstić information content (AvgIpc) is 2.94. The summed E-state index contributed by atoms with van der Waals surface area (Å²) in [7, 11) is -3.53. The number of nitro groups is 1. The monoisotopic (exact) mass is 319 g/mol. The molecule has 8 nitrogen and oxygen atoms in total. The zero-order valence-electron chi connectivity index (χ0n) is 10.6. The molecule has 1 aromatic rings. The van der Waals surface area contributed by atoms with Crippen molar-refractivity contribution in [2.24, 2.45) is 5.73 Å². The van der Waals surface area contributed by atoms with Gasteiger partial charge in [0.2, 0.25) is 5.91 Å². The lowest BCUT2D eigenvalue weighted by atomic mass is 10.2. The summed E-state index contributed by atoms with van der Waals surface area (Å²) in [6, 6.07) is 0.408. The van der Waals surface area contributed by atoms with Crippen molar-refractivity contribution < 1.29 is 18.1 Å². The molecule has 1 aliphatic heterocycles. The van der Waals surface area contributed by atoms with Gasteiger partial charge in [-0.15, -0.1) is 0 Å². The van der Waals surface area contributed by atoms with E-state index in [0.29, 0.717) is 19.4 Å². The number of primary amides is 1. The van der Waals surface area contributed by atoms with Crippen molar-refractivity contribution in [3.8, 4) is 0 Å². The highest BCUT2D eigenvalue weighted by Crippen LogP contribution is 2.42. The highest BCUT2D eigenvalue weighted by molar-refractivity contribution is 7.92. The molecule has 2 rings (SSSR count). The van der Waals surface area contributed by atoms with Gasteiger partial charge in [0.05, 0.1) is 4.92 Å². The maximum atomic E-state index is 11.5. The molecule has 0 radical (unpaired) electrons. The third-order valence-corrected chi connectivity index (χ3v) is 6.04. The van der Waals surface area contributed by atoms with Crippen molar-refractivity contribution >= 4 is 37.8 Å². The second-order valence-electron chi connectivity index (χ2n) is 4.54. The van der Waals surface area contributed by atoms with Crippen LogP contribution in [0, 0.1) is 10.1 Å². The molecular formula is C10H13N3O5S2. The lowest BCUT2D eigenvalue weighted by Crippen LogP contribution is -2.40. The van der Waals surface area contributed by atoms with Crippen LogP contribution in [-0.4, -0.2) is 38.1 Å². The number of rotatable bonds is 4. The number of nitrogens with zero attached hydrogens (tertiary/aromatic N) is 2. The largest absolute Gasteiger partial charge is 0.368 e. The van der Waals surface area contributed by atoms with E-state index >= 15 is 0 Å². The Kier molecular flexibility index (Phi) is 3.69. The molecule has 110 valence electrons. The number of thiophene rings is 1. The first-order chi connectivity index (χ1) is 9.21. The lowest BCUT2D eigenvalue weighted by Gasteiger charge is -2.21. The van der Waals surface area contributed by atoms with E-state index in [9.17, 15) is 23.3 Å². The molecule has 10 heteroatoms. The van der Waals surface area contributed by atoms with E-state index in [1.54, 1.807) is 0 Å². The van der Waals surface area contributed by atoms with Crippen molar-refractivity contribution in [2.75, 3.05) is 17.7 Å². The first kappa shape index (κ1) is 14.7. The van der Waals surface area contributed by atoms with Crippen LogP contribution in [0.25, 0.3) is 0 Å². The summed E-state index contributed by atoms with van der Waals surface area (Å²) in [6.45, 7) is 0.443. The van der Waals surface area contributed by atoms with Gasteiger partial charge in [0.25, 0.3) is 0 Å². The van der Waals surface area contributed by atoms with Crippen molar-refractivity contribution in [1.82, 2.24) is 0 Å². The molecule has 1 aromatic heterocycles. The van der Waals surface area contributed by atoms with Gasteiger partial charge in [0.1, 0.15) is 10.3 Å².